The fourth-order valence-corrected chi connectivity index (χ4v) is 2.30. The predicted molar refractivity (Wildman–Crippen MR) is 96.8 cm³/mol. The quantitative estimate of drug-likeness (QED) is 0.529. The van der Waals surface area contributed by atoms with Gasteiger partial charge in [0.15, 0.2) is 5.69 Å². The van der Waals surface area contributed by atoms with E-state index in [0.717, 1.165) is 0 Å². The van der Waals surface area contributed by atoms with Crippen LogP contribution in [0.5, 0.6) is 5.75 Å². The largest absolute Gasteiger partial charge is 0.497 e. The first-order valence-corrected chi connectivity index (χ1v) is 8.29. The van der Waals surface area contributed by atoms with Crippen LogP contribution in [0.1, 0.15) is 22.8 Å². The average molecular weight is 377 g/mol. The second-order valence-corrected chi connectivity index (χ2v) is 5.55. The fraction of sp³-hybridized carbons (Fsp3) is 0.389. The van der Waals surface area contributed by atoms with Crippen LogP contribution in [-0.4, -0.2) is 56.4 Å². The summed E-state index contributed by atoms with van der Waals surface area (Å²) in [6.07, 6.45) is 1.83. The number of benzene rings is 1. The summed E-state index contributed by atoms with van der Waals surface area (Å²) in [6.45, 7) is 1.01. The normalized spacial score (nSPS) is 10.3. The van der Waals surface area contributed by atoms with Crippen LogP contribution in [0.25, 0.3) is 0 Å². The molecule has 0 saturated carbocycles. The summed E-state index contributed by atoms with van der Waals surface area (Å²) < 4.78 is 20.1. The highest BCUT2D eigenvalue weighted by molar-refractivity contribution is 5.89. The number of esters is 1. The molecule has 27 heavy (non-hydrogen) atoms. The number of nitrogens with zero attached hydrogens (tertiary/aromatic N) is 2. The van der Waals surface area contributed by atoms with Gasteiger partial charge in [-0.2, -0.15) is 0 Å². The summed E-state index contributed by atoms with van der Waals surface area (Å²) in [5, 5.41) is 2.81. The average Bonchev–Trinajstić information content (AvgIpc) is 3.15. The van der Waals surface area contributed by atoms with Gasteiger partial charge in [0.2, 0.25) is 5.89 Å². The van der Waals surface area contributed by atoms with Crippen molar-refractivity contribution in [1.82, 2.24) is 9.88 Å². The van der Waals surface area contributed by atoms with Crippen molar-refractivity contribution in [2.24, 2.45) is 0 Å². The predicted octanol–water partition coefficient (Wildman–Crippen LogP) is 2.54. The van der Waals surface area contributed by atoms with Gasteiger partial charge in [-0.25, -0.2) is 14.6 Å². The topological polar surface area (TPSA) is 103 Å². The number of anilines is 1. The molecule has 0 spiro atoms. The third-order valence-corrected chi connectivity index (χ3v) is 3.66. The molecule has 1 heterocycles. The number of carbonyl (C=O) groups is 2. The molecule has 1 aromatic carbocycles. The second kappa shape index (κ2) is 10.2. The number of oxazole rings is 1. The molecule has 2 aromatic rings. The summed E-state index contributed by atoms with van der Waals surface area (Å²) in [7, 11) is 4.41. The van der Waals surface area contributed by atoms with Crippen LogP contribution in [-0.2, 0) is 16.0 Å². The molecule has 0 bridgehead atoms. The lowest BCUT2D eigenvalue weighted by Crippen LogP contribution is -2.35. The smallest absolute Gasteiger partial charge is 0.360 e. The molecule has 0 aliphatic heterocycles. The van der Waals surface area contributed by atoms with Gasteiger partial charge in [0.05, 0.1) is 20.8 Å². The van der Waals surface area contributed by atoms with E-state index in [0.29, 0.717) is 31.0 Å². The van der Waals surface area contributed by atoms with Crippen molar-refractivity contribution >= 4 is 17.7 Å². The van der Waals surface area contributed by atoms with Crippen molar-refractivity contribution in [3.05, 3.63) is 42.1 Å². The molecular formula is C18H23N3O6. The summed E-state index contributed by atoms with van der Waals surface area (Å²) in [5.41, 5.74) is 0.649. The first kappa shape index (κ1) is 20.2. The minimum Gasteiger partial charge on any atom is -0.497 e. The van der Waals surface area contributed by atoms with Gasteiger partial charge in [0, 0.05) is 32.0 Å². The third kappa shape index (κ3) is 6.00. The zero-order valence-corrected chi connectivity index (χ0v) is 15.6. The van der Waals surface area contributed by atoms with E-state index in [9.17, 15) is 9.59 Å². The zero-order valence-electron chi connectivity index (χ0n) is 15.6. The molecule has 0 fully saturated rings. The van der Waals surface area contributed by atoms with E-state index >= 15 is 0 Å². The van der Waals surface area contributed by atoms with Crippen molar-refractivity contribution in [3.8, 4) is 5.75 Å². The molecule has 9 heteroatoms. The maximum absolute atomic E-state index is 12.7. The Morgan fingerprint density at radius 1 is 1.26 bits per heavy atom. The highest BCUT2D eigenvalue weighted by atomic mass is 16.5. The number of rotatable bonds is 9. The highest BCUT2D eigenvalue weighted by Gasteiger charge is 2.19. The molecule has 146 valence electrons. The highest BCUT2D eigenvalue weighted by Crippen LogP contribution is 2.18. The first-order chi connectivity index (χ1) is 13.1. The summed E-state index contributed by atoms with van der Waals surface area (Å²) in [6, 6.07) is 6.70. The van der Waals surface area contributed by atoms with Crippen LogP contribution < -0.4 is 10.1 Å². The zero-order chi connectivity index (χ0) is 19.6. The van der Waals surface area contributed by atoms with Crippen LogP contribution in [0.3, 0.4) is 0 Å². The summed E-state index contributed by atoms with van der Waals surface area (Å²) in [4.78, 5) is 29.7. The van der Waals surface area contributed by atoms with Gasteiger partial charge in [0.1, 0.15) is 12.0 Å². The van der Waals surface area contributed by atoms with Crippen LogP contribution in [0.15, 0.2) is 34.9 Å². The molecule has 0 atom stereocenters. The van der Waals surface area contributed by atoms with Crippen molar-refractivity contribution in [2.45, 2.75) is 13.0 Å². The number of methoxy groups -OCH3 is 3. The summed E-state index contributed by atoms with van der Waals surface area (Å²) in [5.74, 6) is 0.263. The molecule has 2 amide bonds. The van der Waals surface area contributed by atoms with Gasteiger partial charge in [-0.1, -0.05) is 6.07 Å². The van der Waals surface area contributed by atoms with Crippen LogP contribution in [0.4, 0.5) is 10.5 Å². The van der Waals surface area contributed by atoms with E-state index in [2.05, 4.69) is 15.0 Å². The first-order valence-electron chi connectivity index (χ1n) is 8.29. The molecule has 0 aliphatic rings. The van der Waals surface area contributed by atoms with Crippen molar-refractivity contribution in [3.63, 3.8) is 0 Å². The number of carbonyl (C=O) groups excluding carboxylic acids is 2. The third-order valence-electron chi connectivity index (χ3n) is 3.66. The van der Waals surface area contributed by atoms with Crippen LogP contribution in [0.2, 0.25) is 0 Å². The Labute approximate surface area is 157 Å². The lowest BCUT2D eigenvalue weighted by Gasteiger charge is -2.21. The van der Waals surface area contributed by atoms with Gasteiger partial charge in [-0.15, -0.1) is 0 Å². The molecule has 1 aromatic heterocycles. The van der Waals surface area contributed by atoms with E-state index in [1.54, 1.807) is 38.5 Å². The number of hydrogen-bond acceptors (Lipinski definition) is 7. The van der Waals surface area contributed by atoms with Gasteiger partial charge in [-0.05, 0) is 18.6 Å². The van der Waals surface area contributed by atoms with E-state index in [4.69, 9.17) is 13.9 Å². The SMILES string of the molecule is COCCCN(Cc1nc(C(=O)OC)co1)C(=O)Nc1cccc(OC)c1. The molecule has 0 aliphatic carbocycles. The van der Waals surface area contributed by atoms with Crippen LogP contribution >= 0.6 is 0 Å². The van der Waals surface area contributed by atoms with Crippen molar-refractivity contribution in [1.29, 1.82) is 0 Å². The number of ether oxygens (including phenoxy) is 3. The van der Waals surface area contributed by atoms with E-state index in [1.807, 2.05) is 0 Å². The van der Waals surface area contributed by atoms with Crippen molar-refractivity contribution in [2.75, 3.05) is 39.8 Å². The Morgan fingerprint density at radius 2 is 2.07 bits per heavy atom. The number of aromatic nitrogens is 1. The maximum atomic E-state index is 12.7. The minimum atomic E-state index is -0.600. The number of amides is 2. The molecule has 2 rings (SSSR count). The van der Waals surface area contributed by atoms with E-state index < -0.39 is 5.97 Å². The Morgan fingerprint density at radius 3 is 2.78 bits per heavy atom. The lowest BCUT2D eigenvalue weighted by molar-refractivity contribution is 0.0594. The Bertz CT molecular complexity index is 761. The van der Waals surface area contributed by atoms with Crippen LogP contribution in [0, 0.1) is 0 Å². The Balaban J connectivity index is 2.08. The van der Waals surface area contributed by atoms with Gasteiger partial charge >= 0.3 is 12.0 Å². The monoisotopic (exact) mass is 377 g/mol. The molecule has 0 unspecified atom stereocenters. The van der Waals surface area contributed by atoms with Gasteiger partial charge in [0.25, 0.3) is 0 Å². The van der Waals surface area contributed by atoms with E-state index in [-0.39, 0.29) is 24.2 Å². The Kier molecular flexibility index (Phi) is 7.63. The van der Waals surface area contributed by atoms with Crippen molar-refractivity contribution < 1.29 is 28.2 Å². The van der Waals surface area contributed by atoms with E-state index in [1.165, 1.54) is 18.3 Å². The molecular weight excluding hydrogens is 354 g/mol. The van der Waals surface area contributed by atoms with Gasteiger partial charge in [-0.3, -0.25) is 0 Å². The molecule has 0 radical (unpaired) electrons. The Hall–Kier alpha value is -3.07. The summed E-state index contributed by atoms with van der Waals surface area (Å²) >= 11 is 0. The van der Waals surface area contributed by atoms with Gasteiger partial charge < -0.3 is 28.8 Å². The second-order valence-electron chi connectivity index (χ2n) is 5.55. The maximum Gasteiger partial charge on any atom is 0.360 e. The number of hydrogen-bond donors (Lipinski definition) is 1. The molecule has 0 saturated heterocycles. The standard InChI is InChI=1S/C18H23N3O6/c1-24-9-5-8-21(11-16-20-15(12-27-16)17(22)26-3)18(23)19-13-6-4-7-14(10-13)25-2/h4,6-7,10,12H,5,8-9,11H2,1-3H3,(H,19,23). The number of nitrogens with one attached hydrogen (secondary N) is 1. The lowest BCUT2D eigenvalue weighted by atomic mass is 10.3. The fourth-order valence-electron chi connectivity index (χ4n) is 2.30. The molecule has 1 N–H and O–H groups in total. The minimum absolute atomic E-state index is 0.0533. The number of urea groups is 1. The molecule has 9 nitrogen and oxygen atoms in total.